The molecular formula is C27H25FO6. The average Bonchev–Trinajstić information content (AvgIpc) is 2.87. The number of halogens is 1. The standard InChI is InChI=1S/C27H25FO6/c1-19(28)23(33-25(30)21-14-8-4-9-15-21)27(2,34-26(31)22-16-10-5-11-17-22)18-32-24(29)20-12-6-3-7-13-20/h3-17,19,23H,18H2,1-2H3/t19?,23?,27-/m1/s1. The van der Waals surface area contributed by atoms with E-state index >= 15 is 0 Å². The zero-order chi connectivity index (χ0) is 24.6. The van der Waals surface area contributed by atoms with Gasteiger partial charge in [-0.05, 0) is 50.2 Å². The first kappa shape index (κ1) is 24.6. The number of esters is 3. The van der Waals surface area contributed by atoms with Crippen LogP contribution in [0.15, 0.2) is 91.0 Å². The SMILES string of the molecule is CC(F)C(OC(=O)c1ccccc1)[C@@](C)(COC(=O)c1ccccc1)OC(=O)c1ccccc1. The Morgan fingerprint density at radius 3 is 1.59 bits per heavy atom. The molecule has 3 rings (SSSR count). The van der Waals surface area contributed by atoms with Crippen molar-refractivity contribution in [1.82, 2.24) is 0 Å². The lowest BCUT2D eigenvalue weighted by Crippen LogP contribution is -2.53. The molecule has 0 amide bonds. The summed E-state index contributed by atoms with van der Waals surface area (Å²) in [7, 11) is 0. The molecule has 0 bridgehead atoms. The van der Waals surface area contributed by atoms with Crippen LogP contribution in [0.4, 0.5) is 4.39 Å². The van der Waals surface area contributed by atoms with E-state index in [2.05, 4.69) is 0 Å². The molecule has 0 saturated heterocycles. The molecule has 0 radical (unpaired) electrons. The number of ether oxygens (including phenoxy) is 3. The third-order valence-electron chi connectivity index (χ3n) is 5.10. The van der Waals surface area contributed by atoms with E-state index in [4.69, 9.17) is 14.2 Å². The van der Waals surface area contributed by atoms with Crippen molar-refractivity contribution in [3.8, 4) is 0 Å². The first-order valence-electron chi connectivity index (χ1n) is 10.7. The summed E-state index contributed by atoms with van der Waals surface area (Å²) in [6, 6.07) is 24.3. The summed E-state index contributed by atoms with van der Waals surface area (Å²) in [6.45, 7) is 2.00. The van der Waals surface area contributed by atoms with Crippen molar-refractivity contribution in [2.24, 2.45) is 0 Å². The van der Waals surface area contributed by atoms with E-state index in [0.29, 0.717) is 0 Å². The van der Waals surface area contributed by atoms with Gasteiger partial charge in [0.1, 0.15) is 12.8 Å². The molecule has 3 aromatic carbocycles. The van der Waals surface area contributed by atoms with Crippen LogP contribution in [-0.4, -0.2) is 42.4 Å². The molecule has 34 heavy (non-hydrogen) atoms. The number of benzene rings is 3. The second-order valence-electron chi connectivity index (χ2n) is 7.88. The molecule has 6 nitrogen and oxygen atoms in total. The van der Waals surface area contributed by atoms with Crippen LogP contribution in [0.1, 0.15) is 44.9 Å². The van der Waals surface area contributed by atoms with Gasteiger partial charge in [-0.25, -0.2) is 18.8 Å². The van der Waals surface area contributed by atoms with Crippen molar-refractivity contribution in [3.63, 3.8) is 0 Å². The first-order valence-corrected chi connectivity index (χ1v) is 10.7. The number of carbonyl (C=O) groups is 3. The second kappa shape index (κ2) is 11.2. The summed E-state index contributed by atoms with van der Waals surface area (Å²) in [6.07, 6.45) is -3.31. The Morgan fingerprint density at radius 2 is 1.15 bits per heavy atom. The van der Waals surface area contributed by atoms with E-state index in [1.165, 1.54) is 38.1 Å². The molecule has 0 fully saturated rings. The third-order valence-corrected chi connectivity index (χ3v) is 5.10. The second-order valence-corrected chi connectivity index (χ2v) is 7.88. The molecule has 0 spiro atoms. The van der Waals surface area contributed by atoms with Crippen LogP contribution in [-0.2, 0) is 14.2 Å². The van der Waals surface area contributed by atoms with E-state index < -0.39 is 42.4 Å². The van der Waals surface area contributed by atoms with Gasteiger partial charge < -0.3 is 14.2 Å². The van der Waals surface area contributed by atoms with E-state index in [0.717, 1.165) is 0 Å². The molecule has 0 aliphatic rings. The molecule has 0 heterocycles. The largest absolute Gasteiger partial charge is 0.458 e. The van der Waals surface area contributed by atoms with Crippen LogP contribution in [0.25, 0.3) is 0 Å². The average molecular weight is 464 g/mol. The Hall–Kier alpha value is -4.00. The molecule has 7 heteroatoms. The van der Waals surface area contributed by atoms with Crippen LogP contribution in [0, 0.1) is 0 Å². The van der Waals surface area contributed by atoms with Crippen LogP contribution >= 0.6 is 0 Å². The molecule has 0 aromatic heterocycles. The Balaban J connectivity index is 1.87. The maximum Gasteiger partial charge on any atom is 0.338 e. The maximum absolute atomic E-state index is 14.8. The number of rotatable bonds is 9. The van der Waals surface area contributed by atoms with Crippen molar-refractivity contribution >= 4 is 17.9 Å². The predicted octanol–water partition coefficient (Wildman–Crippen LogP) is 5.04. The fourth-order valence-electron chi connectivity index (χ4n) is 3.34. The summed E-state index contributed by atoms with van der Waals surface area (Å²) in [4.78, 5) is 38.0. The lowest BCUT2D eigenvalue weighted by molar-refractivity contribution is -0.131. The van der Waals surface area contributed by atoms with Gasteiger partial charge in [0.05, 0.1) is 16.7 Å². The zero-order valence-corrected chi connectivity index (χ0v) is 18.8. The zero-order valence-electron chi connectivity index (χ0n) is 18.8. The summed E-state index contributed by atoms with van der Waals surface area (Å²) in [5, 5.41) is 0. The normalized spacial score (nSPS) is 14.2. The Labute approximate surface area is 197 Å². The van der Waals surface area contributed by atoms with Crippen LogP contribution < -0.4 is 0 Å². The van der Waals surface area contributed by atoms with Crippen molar-refractivity contribution < 1.29 is 33.0 Å². The quantitative estimate of drug-likeness (QED) is 0.326. The van der Waals surface area contributed by atoms with E-state index in [9.17, 15) is 18.8 Å². The van der Waals surface area contributed by atoms with Gasteiger partial charge in [0.15, 0.2) is 11.7 Å². The highest BCUT2D eigenvalue weighted by atomic mass is 19.1. The molecule has 0 aliphatic carbocycles. The maximum atomic E-state index is 14.8. The van der Waals surface area contributed by atoms with E-state index in [-0.39, 0.29) is 16.7 Å². The van der Waals surface area contributed by atoms with Gasteiger partial charge in [-0.1, -0.05) is 54.6 Å². The Morgan fingerprint density at radius 1 is 0.735 bits per heavy atom. The monoisotopic (exact) mass is 464 g/mol. The number of carbonyl (C=O) groups excluding carboxylic acids is 3. The van der Waals surface area contributed by atoms with Gasteiger partial charge in [-0.3, -0.25) is 0 Å². The molecule has 3 atom stereocenters. The van der Waals surface area contributed by atoms with Crippen LogP contribution in [0.3, 0.4) is 0 Å². The lowest BCUT2D eigenvalue weighted by Gasteiger charge is -2.36. The minimum Gasteiger partial charge on any atom is -0.458 e. The fraction of sp³-hybridized carbons (Fsp3) is 0.222. The molecule has 3 aromatic rings. The van der Waals surface area contributed by atoms with Gasteiger partial charge >= 0.3 is 17.9 Å². The number of alkyl halides is 1. The van der Waals surface area contributed by atoms with Gasteiger partial charge in [0.25, 0.3) is 0 Å². The fourth-order valence-corrected chi connectivity index (χ4v) is 3.34. The molecule has 0 saturated carbocycles. The minimum atomic E-state index is -1.82. The Bertz CT molecular complexity index is 1100. The number of hydrogen-bond acceptors (Lipinski definition) is 6. The highest BCUT2D eigenvalue weighted by Crippen LogP contribution is 2.27. The summed E-state index contributed by atoms with van der Waals surface area (Å²) < 4.78 is 31.3. The topological polar surface area (TPSA) is 78.9 Å². The summed E-state index contributed by atoms with van der Waals surface area (Å²) in [5.41, 5.74) is -1.14. The lowest BCUT2D eigenvalue weighted by atomic mass is 9.95. The highest BCUT2D eigenvalue weighted by Gasteiger charge is 2.46. The third kappa shape index (κ3) is 6.28. The Kier molecular flexibility index (Phi) is 8.14. The van der Waals surface area contributed by atoms with Gasteiger partial charge in [-0.15, -0.1) is 0 Å². The van der Waals surface area contributed by atoms with Crippen LogP contribution in [0.2, 0.25) is 0 Å². The van der Waals surface area contributed by atoms with E-state index in [1.807, 2.05) is 0 Å². The van der Waals surface area contributed by atoms with Crippen LogP contribution in [0.5, 0.6) is 0 Å². The van der Waals surface area contributed by atoms with Gasteiger partial charge in [0.2, 0.25) is 0 Å². The highest BCUT2D eigenvalue weighted by molar-refractivity contribution is 5.91. The van der Waals surface area contributed by atoms with Crippen molar-refractivity contribution in [2.45, 2.75) is 31.7 Å². The van der Waals surface area contributed by atoms with Gasteiger partial charge in [-0.2, -0.15) is 0 Å². The molecule has 0 N–H and O–H groups in total. The van der Waals surface area contributed by atoms with Crippen molar-refractivity contribution in [1.29, 1.82) is 0 Å². The van der Waals surface area contributed by atoms with Crippen molar-refractivity contribution in [2.75, 3.05) is 6.61 Å². The van der Waals surface area contributed by atoms with Crippen molar-refractivity contribution in [3.05, 3.63) is 108 Å². The first-order chi connectivity index (χ1) is 16.3. The molecule has 2 unspecified atom stereocenters. The summed E-state index contributed by atoms with van der Waals surface area (Å²) in [5.74, 6) is -2.27. The molecular weight excluding hydrogens is 439 g/mol. The van der Waals surface area contributed by atoms with Gasteiger partial charge in [0, 0.05) is 0 Å². The predicted molar refractivity (Wildman–Crippen MR) is 123 cm³/mol. The molecule has 0 aliphatic heterocycles. The molecule has 176 valence electrons. The van der Waals surface area contributed by atoms with E-state index in [1.54, 1.807) is 66.7 Å². The smallest absolute Gasteiger partial charge is 0.338 e. The number of hydrogen-bond donors (Lipinski definition) is 0. The summed E-state index contributed by atoms with van der Waals surface area (Å²) >= 11 is 0. The minimum absolute atomic E-state index is 0.200.